The van der Waals surface area contributed by atoms with Gasteiger partial charge in [-0.2, -0.15) is 0 Å². The van der Waals surface area contributed by atoms with Crippen LogP contribution in [0.2, 0.25) is 0 Å². The van der Waals surface area contributed by atoms with E-state index in [0.29, 0.717) is 0 Å². The van der Waals surface area contributed by atoms with Gasteiger partial charge in [0, 0.05) is 6.54 Å². The van der Waals surface area contributed by atoms with Crippen LogP contribution in [0.5, 0.6) is 0 Å². The van der Waals surface area contributed by atoms with Crippen LogP contribution in [-0.4, -0.2) is 24.5 Å². The highest BCUT2D eigenvalue weighted by atomic mass is 16.2. The van der Waals surface area contributed by atoms with Crippen molar-refractivity contribution in [2.24, 2.45) is 0 Å². The number of unbranched alkanes of at least 4 members (excludes halogenated alkanes) is 5. The molecular formula is C14H30N2O. The maximum Gasteiger partial charge on any atom is 0.239 e. The minimum absolute atomic E-state index is 0.105. The van der Waals surface area contributed by atoms with Crippen molar-refractivity contribution >= 4 is 5.91 Å². The van der Waals surface area contributed by atoms with E-state index in [9.17, 15) is 4.79 Å². The Kier molecular flexibility index (Phi) is 9.14. The molecule has 0 aliphatic carbocycles. The molecule has 0 aromatic rings. The van der Waals surface area contributed by atoms with Crippen molar-refractivity contribution in [2.45, 2.75) is 71.8 Å². The van der Waals surface area contributed by atoms with E-state index in [-0.39, 0.29) is 5.91 Å². The van der Waals surface area contributed by atoms with Crippen molar-refractivity contribution in [3.05, 3.63) is 0 Å². The Morgan fingerprint density at radius 2 is 1.59 bits per heavy atom. The summed E-state index contributed by atoms with van der Waals surface area (Å²) in [6.07, 6.45) is 7.56. The predicted molar refractivity (Wildman–Crippen MR) is 74.1 cm³/mol. The van der Waals surface area contributed by atoms with Crippen LogP contribution in [-0.2, 0) is 4.79 Å². The Bertz CT molecular complexity index is 202. The molecule has 0 bridgehead atoms. The van der Waals surface area contributed by atoms with Gasteiger partial charge in [-0.3, -0.25) is 4.79 Å². The van der Waals surface area contributed by atoms with Gasteiger partial charge in [0.15, 0.2) is 0 Å². The van der Waals surface area contributed by atoms with Gasteiger partial charge >= 0.3 is 0 Å². The fourth-order valence-electron chi connectivity index (χ4n) is 1.85. The van der Waals surface area contributed by atoms with Gasteiger partial charge in [0.05, 0.1) is 5.54 Å². The van der Waals surface area contributed by atoms with Gasteiger partial charge in [0.2, 0.25) is 5.91 Å². The molecule has 102 valence electrons. The maximum absolute atomic E-state index is 11.8. The smallest absolute Gasteiger partial charge is 0.239 e. The molecule has 0 fully saturated rings. The first kappa shape index (κ1) is 16.4. The third-order valence-electron chi connectivity index (χ3n) is 3.00. The Hall–Kier alpha value is -0.570. The second-order valence-electron chi connectivity index (χ2n) is 5.18. The summed E-state index contributed by atoms with van der Waals surface area (Å²) < 4.78 is 0. The Morgan fingerprint density at radius 1 is 1.00 bits per heavy atom. The van der Waals surface area contributed by atoms with Gasteiger partial charge in [-0.15, -0.1) is 0 Å². The molecule has 0 saturated heterocycles. The lowest BCUT2D eigenvalue weighted by Gasteiger charge is -2.24. The molecule has 0 spiro atoms. The van der Waals surface area contributed by atoms with Crippen LogP contribution in [0.3, 0.4) is 0 Å². The van der Waals surface area contributed by atoms with Crippen molar-refractivity contribution in [2.75, 3.05) is 13.1 Å². The average molecular weight is 242 g/mol. The van der Waals surface area contributed by atoms with Crippen LogP contribution in [0.15, 0.2) is 0 Å². The standard InChI is InChI=1S/C14H30N2O/c1-5-7-8-9-10-11-12-15-13(17)14(3,4)16-6-2/h16H,5-12H2,1-4H3,(H,15,17). The number of carbonyl (C=O) groups is 1. The largest absolute Gasteiger partial charge is 0.355 e. The second-order valence-corrected chi connectivity index (χ2v) is 5.18. The lowest BCUT2D eigenvalue weighted by atomic mass is 10.0. The molecule has 3 heteroatoms. The molecule has 0 aromatic carbocycles. The average Bonchev–Trinajstić information content (AvgIpc) is 2.27. The molecule has 0 heterocycles. The van der Waals surface area contributed by atoms with Crippen LogP contribution in [0.25, 0.3) is 0 Å². The van der Waals surface area contributed by atoms with Crippen LogP contribution in [0, 0.1) is 0 Å². The van der Waals surface area contributed by atoms with E-state index in [1.807, 2.05) is 20.8 Å². The SMILES string of the molecule is CCCCCCCCNC(=O)C(C)(C)NCC. The van der Waals surface area contributed by atoms with Crippen LogP contribution in [0.1, 0.15) is 66.2 Å². The molecule has 0 atom stereocenters. The Balaban J connectivity index is 3.51. The lowest BCUT2D eigenvalue weighted by molar-refractivity contribution is -0.126. The van der Waals surface area contributed by atoms with E-state index in [1.54, 1.807) is 0 Å². The Morgan fingerprint density at radius 3 is 2.18 bits per heavy atom. The van der Waals surface area contributed by atoms with Crippen molar-refractivity contribution in [3.63, 3.8) is 0 Å². The predicted octanol–water partition coefficient (Wildman–Crippen LogP) is 2.85. The van der Waals surface area contributed by atoms with Gasteiger partial charge in [-0.25, -0.2) is 0 Å². The maximum atomic E-state index is 11.8. The molecule has 0 aromatic heterocycles. The molecule has 0 unspecified atom stereocenters. The van der Waals surface area contributed by atoms with Crippen LogP contribution in [0.4, 0.5) is 0 Å². The zero-order valence-electron chi connectivity index (χ0n) is 12.1. The molecule has 3 nitrogen and oxygen atoms in total. The summed E-state index contributed by atoms with van der Waals surface area (Å²) in [5.41, 5.74) is -0.447. The molecule has 0 saturated carbocycles. The number of hydrogen-bond acceptors (Lipinski definition) is 2. The summed E-state index contributed by atoms with van der Waals surface area (Å²) >= 11 is 0. The number of hydrogen-bond donors (Lipinski definition) is 2. The van der Waals surface area contributed by atoms with Crippen molar-refractivity contribution in [1.29, 1.82) is 0 Å². The summed E-state index contributed by atoms with van der Waals surface area (Å²) in [4.78, 5) is 11.8. The van der Waals surface area contributed by atoms with E-state index in [0.717, 1.165) is 19.5 Å². The highest BCUT2D eigenvalue weighted by molar-refractivity contribution is 5.85. The van der Waals surface area contributed by atoms with Gasteiger partial charge in [-0.05, 0) is 26.8 Å². The molecule has 0 rings (SSSR count). The van der Waals surface area contributed by atoms with E-state index in [1.165, 1.54) is 32.1 Å². The minimum Gasteiger partial charge on any atom is -0.355 e. The first-order valence-corrected chi connectivity index (χ1v) is 7.08. The van der Waals surface area contributed by atoms with E-state index in [4.69, 9.17) is 0 Å². The molecule has 1 amide bonds. The third kappa shape index (κ3) is 8.19. The summed E-state index contributed by atoms with van der Waals surface area (Å²) in [6, 6.07) is 0. The lowest BCUT2D eigenvalue weighted by Crippen LogP contribution is -2.52. The minimum atomic E-state index is -0.447. The molecule has 17 heavy (non-hydrogen) atoms. The monoisotopic (exact) mass is 242 g/mol. The van der Waals surface area contributed by atoms with E-state index < -0.39 is 5.54 Å². The number of rotatable bonds is 10. The summed E-state index contributed by atoms with van der Waals surface area (Å²) in [5.74, 6) is 0.105. The van der Waals surface area contributed by atoms with Crippen LogP contribution < -0.4 is 10.6 Å². The molecule has 0 radical (unpaired) electrons. The number of likely N-dealkylation sites (N-methyl/N-ethyl adjacent to an activating group) is 1. The molecule has 2 N–H and O–H groups in total. The molecular weight excluding hydrogens is 212 g/mol. The summed E-state index contributed by atoms with van der Waals surface area (Å²) in [5, 5.41) is 6.18. The Labute approximate surface area is 107 Å². The highest BCUT2D eigenvalue weighted by Gasteiger charge is 2.25. The van der Waals surface area contributed by atoms with E-state index >= 15 is 0 Å². The molecule has 0 aliphatic heterocycles. The summed E-state index contributed by atoms with van der Waals surface area (Å²) in [7, 11) is 0. The van der Waals surface area contributed by atoms with Gasteiger partial charge in [-0.1, -0.05) is 46.0 Å². The van der Waals surface area contributed by atoms with Crippen molar-refractivity contribution in [1.82, 2.24) is 10.6 Å². The van der Waals surface area contributed by atoms with Gasteiger partial charge < -0.3 is 10.6 Å². The normalized spacial score (nSPS) is 11.5. The van der Waals surface area contributed by atoms with Crippen LogP contribution >= 0.6 is 0 Å². The highest BCUT2D eigenvalue weighted by Crippen LogP contribution is 2.05. The topological polar surface area (TPSA) is 41.1 Å². The van der Waals surface area contributed by atoms with Crippen molar-refractivity contribution in [3.8, 4) is 0 Å². The van der Waals surface area contributed by atoms with Gasteiger partial charge in [0.25, 0.3) is 0 Å². The quantitative estimate of drug-likeness (QED) is 0.578. The zero-order valence-corrected chi connectivity index (χ0v) is 12.1. The fourth-order valence-corrected chi connectivity index (χ4v) is 1.85. The molecule has 0 aliphatic rings. The number of carbonyl (C=O) groups excluding carboxylic acids is 1. The van der Waals surface area contributed by atoms with Gasteiger partial charge in [0.1, 0.15) is 0 Å². The van der Waals surface area contributed by atoms with E-state index in [2.05, 4.69) is 17.6 Å². The first-order valence-electron chi connectivity index (χ1n) is 7.08. The number of nitrogens with one attached hydrogen (secondary N) is 2. The van der Waals surface area contributed by atoms with Crippen molar-refractivity contribution < 1.29 is 4.79 Å². The fraction of sp³-hybridized carbons (Fsp3) is 0.929. The second kappa shape index (κ2) is 9.46. The summed E-state index contributed by atoms with van der Waals surface area (Å²) in [6.45, 7) is 9.71. The first-order chi connectivity index (χ1) is 8.04. The zero-order chi connectivity index (χ0) is 13.1. The number of amides is 1. The third-order valence-corrected chi connectivity index (χ3v) is 3.00.